The molecule has 3 aromatic carbocycles. The third-order valence-corrected chi connectivity index (χ3v) is 3.71. The molecule has 0 aliphatic heterocycles. The largest absolute Gasteiger partial charge is 0.321 e. The lowest BCUT2D eigenvalue weighted by Crippen LogP contribution is -2.21. The Morgan fingerprint density at radius 1 is 0.815 bits per heavy atom. The van der Waals surface area contributed by atoms with Crippen LogP contribution in [0.1, 0.15) is 26.3 Å². The Morgan fingerprint density at radius 2 is 1.48 bits per heavy atom. The van der Waals surface area contributed by atoms with Crippen molar-refractivity contribution in [3.05, 3.63) is 101 Å². The highest BCUT2D eigenvalue weighted by atomic mass is 19.1. The number of carbonyl (C=O) groups is 2. The predicted octanol–water partition coefficient (Wildman–Crippen LogP) is 3.84. The van der Waals surface area contributed by atoms with Gasteiger partial charge in [-0.2, -0.15) is 5.10 Å². The summed E-state index contributed by atoms with van der Waals surface area (Å²) in [5, 5.41) is 6.59. The van der Waals surface area contributed by atoms with E-state index in [-0.39, 0.29) is 11.1 Å². The molecule has 0 unspecified atom stereocenters. The molecule has 2 amide bonds. The molecule has 5 nitrogen and oxygen atoms in total. The summed E-state index contributed by atoms with van der Waals surface area (Å²) in [5.74, 6) is -1.33. The average Bonchev–Trinajstić information content (AvgIpc) is 2.69. The van der Waals surface area contributed by atoms with Crippen molar-refractivity contribution in [3.8, 4) is 0 Å². The Balaban J connectivity index is 1.71. The van der Waals surface area contributed by atoms with Gasteiger partial charge in [-0.3, -0.25) is 9.59 Å². The number of hydrazone groups is 1. The third kappa shape index (κ3) is 4.85. The summed E-state index contributed by atoms with van der Waals surface area (Å²) in [5.41, 5.74) is 4.16. The van der Waals surface area contributed by atoms with E-state index in [1.54, 1.807) is 24.3 Å². The first-order valence-electron chi connectivity index (χ1n) is 8.18. The second kappa shape index (κ2) is 8.53. The standard InChI is InChI=1S/C21H16FN3O2/c22-17-12-10-16(11-13-17)20(26)24-19-9-5-4-8-18(19)21(27)25-23-14-15-6-2-1-3-7-15/h1-14H,(H,24,26)(H,25,27)/b23-14-. The number of para-hydroxylation sites is 1. The van der Waals surface area contributed by atoms with Gasteiger partial charge in [0.1, 0.15) is 5.82 Å². The van der Waals surface area contributed by atoms with Crippen LogP contribution in [-0.4, -0.2) is 18.0 Å². The molecule has 0 aromatic heterocycles. The number of hydrogen-bond acceptors (Lipinski definition) is 3. The van der Waals surface area contributed by atoms with E-state index in [0.717, 1.165) is 5.56 Å². The van der Waals surface area contributed by atoms with Gasteiger partial charge in [0.2, 0.25) is 0 Å². The molecule has 0 spiro atoms. The first-order chi connectivity index (χ1) is 13.1. The number of nitrogens with one attached hydrogen (secondary N) is 2. The third-order valence-electron chi connectivity index (χ3n) is 3.71. The number of nitrogens with zero attached hydrogens (tertiary/aromatic N) is 1. The normalized spacial score (nSPS) is 10.6. The predicted molar refractivity (Wildman–Crippen MR) is 102 cm³/mol. The van der Waals surface area contributed by atoms with Crippen LogP contribution in [0.3, 0.4) is 0 Å². The lowest BCUT2D eigenvalue weighted by atomic mass is 10.1. The fourth-order valence-electron chi connectivity index (χ4n) is 2.35. The highest BCUT2D eigenvalue weighted by Crippen LogP contribution is 2.16. The molecule has 0 saturated heterocycles. The Kier molecular flexibility index (Phi) is 5.69. The number of halogens is 1. The molecule has 27 heavy (non-hydrogen) atoms. The zero-order chi connectivity index (χ0) is 19.1. The van der Waals surface area contributed by atoms with Gasteiger partial charge in [-0.15, -0.1) is 0 Å². The van der Waals surface area contributed by atoms with Gasteiger partial charge in [0.05, 0.1) is 17.5 Å². The Hall–Kier alpha value is -3.80. The van der Waals surface area contributed by atoms with Crippen LogP contribution in [0, 0.1) is 5.82 Å². The minimum atomic E-state index is -0.461. The van der Waals surface area contributed by atoms with E-state index in [0.29, 0.717) is 5.69 Å². The SMILES string of the molecule is O=C(Nc1ccccc1C(=O)N/N=C\c1ccccc1)c1ccc(F)cc1. The monoisotopic (exact) mass is 361 g/mol. The van der Waals surface area contributed by atoms with Crippen molar-refractivity contribution in [2.45, 2.75) is 0 Å². The van der Waals surface area contributed by atoms with Gasteiger partial charge in [-0.05, 0) is 42.0 Å². The lowest BCUT2D eigenvalue weighted by molar-refractivity contribution is 0.0956. The molecule has 0 bridgehead atoms. The van der Waals surface area contributed by atoms with E-state index in [9.17, 15) is 14.0 Å². The van der Waals surface area contributed by atoms with Gasteiger partial charge in [0.25, 0.3) is 11.8 Å². The Morgan fingerprint density at radius 3 is 2.22 bits per heavy atom. The highest BCUT2D eigenvalue weighted by Gasteiger charge is 2.13. The van der Waals surface area contributed by atoms with Gasteiger partial charge < -0.3 is 5.32 Å². The van der Waals surface area contributed by atoms with Crippen molar-refractivity contribution < 1.29 is 14.0 Å². The quantitative estimate of drug-likeness (QED) is 0.535. The van der Waals surface area contributed by atoms with E-state index in [1.165, 1.54) is 30.5 Å². The van der Waals surface area contributed by atoms with Crippen LogP contribution < -0.4 is 10.7 Å². The molecule has 6 heteroatoms. The maximum atomic E-state index is 13.0. The van der Waals surface area contributed by atoms with Crippen LogP contribution in [0.15, 0.2) is 84.0 Å². The van der Waals surface area contributed by atoms with Crippen molar-refractivity contribution in [1.29, 1.82) is 0 Å². The number of rotatable bonds is 5. The van der Waals surface area contributed by atoms with E-state index in [2.05, 4.69) is 15.8 Å². The van der Waals surface area contributed by atoms with Gasteiger partial charge >= 0.3 is 0 Å². The van der Waals surface area contributed by atoms with E-state index in [1.807, 2.05) is 30.3 Å². The molecule has 0 atom stereocenters. The van der Waals surface area contributed by atoms with Gasteiger partial charge in [-0.25, -0.2) is 9.82 Å². The summed E-state index contributed by atoms with van der Waals surface area (Å²) in [7, 11) is 0. The summed E-state index contributed by atoms with van der Waals surface area (Å²) in [6.45, 7) is 0. The van der Waals surface area contributed by atoms with E-state index < -0.39 is 17.6 Å². The molecule has 0 fully saturated rings. The zero-order valence-corrected chi connectivity index (χ0v) is 14.2. The molecule has 0 aliphatic carbocycles. The Bertz CT molecular complexity index is 970. The number of anilines is 1. The van der Waals surface area contributed by atoms with Crippen LogP contribution in [0.5, 0.6) is 0 Å². The van der Waals surface area contributed by atoms with Crippen LogP contribution in [0.25, 0.3) is 0 Å². The molecule has 0 saturated carbocycles. The molecule has 3 aromatic rings. The van der Waals surface area contributed by atoms with Crippen LogP contribution in [-0.2, 0) is 0 Å². The van der Waals surface area contributed by atoms with Gasteiger partial charge in [0, 0.05) is 5.56 Å². The number of carbonyl (C=O) groups excluding carboxylic acids is 2. The topological polar surface area (TPSA) is 70.6 Å². The molecule has 2 N–H and O–H groups in total. The summed E-state index contributed by atoms with van der Waals surface area (Å²) < 4.78 is 13.0. The molecule has 0 radical (unpaired) electrons. The molecule has 134 valence electrons. The fourth-order valence-corrected chi connectivity index (χ4v) is 2.35. The first-order valence-corrected chi connectivity index (χ1v) is 8.18. The van der Waals surface area contributed by atoms with Crippen LogP contribution >= 0.6 is 0 Å². The number of amides is 2. The maximum absolute atomic E-state index is 13.0. The van der Waals surface area contributed by atoms with Gasteiger partial charge in [-0.1, -0.05) is 42.5 Å². The van der Waals surface area contributed by atoms with E-state index in [4.69, 9.17) is 0 Å². The number of benzene rings is 3. The molecular formula is C21H16FN3O2. The summed E-state index contributed by atoms with van der Waals surface area (Å²) in [6.07, 6.45) is 1.53. The summed E-state index contributed by atoms with van der Waals surface area (Å²) in [6, 6.07) is 21.0. The molecule has 3 rings (SSSR count). The van der Waals surface area contributed by atoms with Crippen molar-refractivity contribution in [2.24, 2.45) is 5.10 Å². The second-order valence-electron chi connectivity index (χ2n) is 5.62. The van der Waals surface area contributed by atoms with Crippen molar-refractivity contribution in [1.82, 2.24) is 5.43 Å². The number of hydrogen-bond donors (Lipinski definition) is 2. The zero-order valence-electron chi connectivity index (χ0n) is 14.2. The molecule has 0 aliphatic rings. The van der Waals surface area contributed by atoms with Gasteiger partial charge in [0.15, 0.2) is 0 Å². The van der Waals surface area contributed by atoms with Crippen molar-refractivity contribution in [2.75, 3.05) is 5.32 Å². The minimum Gasteiger partial charge on any atom is -0.321 e. The Labute approximate surface area is 155 Å². The maximum Gasteiger partial charge on any atom is 0.273 e. The summed E-state index contributed by atoms with van der Waals surface area (Å²) in [4.78, 5) is 24.7. The molecule has 0 heterocycles. The first kappa shape index (κ1) is 18.0. The average molecular weight is 361 g/mol. The summed E-state index contributed by atoms with van der Waals surface area (Å²) >= 11 is 0. The smallest absolute Gasteiger partial charge is 0.273 e. The van der Waals surface area contributed by atoms with E-state index >= 15 is 0 Å². The van der Waals surface area contributed by atoms with Crippen LogP contribution in [0.4, 0.5) is 10.1 Å². The van der Waals surface area contributed by atoms with Crippen LogP contribution in [0.2, 0.25) is 0 Å². The second-order valence-corrected chi connectivity index (χ2v) is 5.62. The minimum absolute atomic E-state index is 0.262. The van der Waals surface area contributed by atoms with Crippen molar-refractivity contribution in [3.63, 3.8) is 0 Å². The molecular weight excluding hydrogens is 345 g/mol. The van der Waals surface area contributed by atoms with Crippen molar-refractivity contribution >= 4 is 23.7 Å². The highest BCUT2D eigenvalue weighted by molar-refractivity contribution is 6.09. The fraction of sp³-hybridized carbons (Fsp3) is 0. The lowest BCUT2D eigenvalue weighted by Gasteiger charge is -2.10.